The molecule has 2 nitrogen and oxygen atoms in total. The van der Waals surface area contributed by atoms with Gasteiger partial charge in [0.15, 0.2) is 0 Å². The number of hydrogen-bond acceptors (Lipinski definition) is 1. The molecule has 0 atom stereocenters. The van der Waals surface area contributed by atoms with Gasteiger partial charge in [-0.25, -0.2) is 0 Å². The number of aliphatic carboxylic acids is 1. The first-order valence-electron chi connectivity index (χ1n) is 5.66. The van der Waals surface area contributed by atoms with Gasteiger partial charge in [-0.1, -0.05) is 40.5 Å². The van der Waals surface area contributed by atoms with Gasteiger partial charge in [0.05, 0.1) is 5.92 Å². The molecule has 14 heavy (non-hydrogen) atoms. The Morgan fingerprint density at radius 3 is 1.50 bits per heavy atom. The average Bonchev–Trinajstić information content (AvgIpc) is 2.02. The summed E-state index contributed by atoms with van der Waals surface area (Å²) in [6, 6.07) is 0. The summed E-state index contributed by atoms with van der Waals surface area (Å²) < 4.78 is 0. The molecule has 0 spiro atoms. The number of carbonyl (C=O) groups is 1. The lowest BCUT2D eigenvalue weighted by atomic mass is 9.91. The maximum Gasteiger partial charge on any atom is 0.306 e. The third-order valence-corrected chi connectivity index (χ3v) is 2.53. The molecule has 0 saturated carbocycles. The molecule has 0 unspecified atom stereocenters. The van der Waals surface area contributed by atoms with Crippen LogP contribution < -0.4 is 0 Å². The topological polar surface area (TPSA) is 37.3 Å². The van der Waals surface area contributed by atoms with Crippen LogP contribution in [0, 0.1) is 17.8 Å². The van der Waals surface area contributed by atoms with Crippen LogP contribution in [0.25, 0.3) is 0 Å². The summed E-state index contributed by atoms with van der Waals surface area (Å²) in [5, 5.41) is 9.00. The first kappa shape index (κ1) is 13.5. The van der Waals surface area contributed by atoms with E-state index >= 15 is 0 Å². The van der Waals surface area contributed by atoms with Gasteiger partial charge in [-0.05, 0) is 24.7 Å². The van der Waals surface area contributed by atoms with Gasteiger partial charge in [0, 0.05) is 0 Å². The minimum absolute atomic E-state index is 0.125. The summed E-state index contributed by atoms with van der Waals surface area (Å²) in [4.78, 5) is 10.9. The Bertz CT molecular complexity index is 150. The van der Waals surface area contributed by atoms with Gasteiger partial charge in [-0.15, -0.1) is 0 Å². The second-order valence-electron chi connectivity index (χ2n) is 4.98. The molecule has 0 saturated heterocycles. The molecule has 0 aliphatic carbocycles. The van der Waals surface area contributed by atoms with E-state index in [0.29, 0.717) is 11.8 Å². The Balaban J connectivity index is 3.84. The lowest BCUT2D eigenvalue weighted by molar-refractivity contribution is -0.142. The van der Waals surface area contributed by atoms with Crippen LogP contribution in [0.4, 0.5) is 0 Å². The number of hydrogen-bond donors (Lipinski definition) is 1. The smallest absolute Gasteiger partial charge is 0.306 e. The number of rotatable bonds is 7. The molecule has 0 fully saturated rings. The highest BCUT2D eigenvalue weighted by Gasteiger charge is 2.17. The van der Waals surface area contributed by atoms with Crippen molar-refractivity contribution < 1.29 is 9.90 Å². The highest BCUT2D eigenvalue weighted by molar-refractivity contribution is 5.69. The van der Waals surface area contributed by atoms with Gasteiger partial charge in [0.1, 0.15) is 0 Å². The Morgan fingerprint density at radius 1 is 0.929 bits per heavy atom. The normalized spacial score (nSPS) is 11.6. The second-order valence-corrected chi connectivity index (χ2v) is 4.98. The van der Waals surface area contributed by atoms with E-state index in [2.05, 4.69) is 27.7 Å². The molecule has 0 aromatic rings. The van der Waals surface area contributed by atoms with Gasteiger partial charge < -0.3 is 5.11 Å². The van der Waals surface area contributed by atoms with Gasteiger partial charge in [-0.3, -0.25) is 4.79 Å². The maximum atomic E-state index is 10.9. The van der Waals surface area contributed by atoms with Crippen molar-refractivity contribution in [2.75, 3.05) is 0 Å². The largest absolute Gasteiger partial charge is 0.481 e. The first-order chi connectivity index (χ1) is 6.43. The van der Waals surface area contributed by atoms with Crippen LogP contribution in [-0.2, 0) is 4.79 Å². The fourth-order valence-corrected chi connectivity index (χ4v) is 1.46. The molecule has 0 heterocycles. The molecule has 0 aliphatic heterocycles. The third-order valence-electron chi connectivity index (χ3n) is 2.53. The van der Waals surface area contributed by atoms with Crippen LogP contribution in [0.5, 0.6) is 0 Å². The molecule has 2 heteroatoms. The van der Waals surface area contributed by atoms with Crippen LogP contribution in [0.15, 0.2) is 0 Å². The van der Waals surface area contributed by atoms with Crippen LogP contribution in [-0.4, -0.2) is 11.1 Å². The van der Waals surface area contributed by atoms with Crippen LogP contribution in [0.2, 0.25) is 0 Å². The zero-order valence-corrected chi connectivity index (χ0v) is 9.92. The highest BCUT2D eigenvalue weighted by Crippen LogP contribution is 2.19. The van der Waals surface area contributed by atoms with E-state index in [1.807, 2.05) is 0 Å². The summed E-state index contributed by atoms with van der Waals surface area (Å²) in [7, 11) is 0. The Hall–Kier alpha value is -0.530. The maximum absolute atomic E-state index is 10.9. The number of carboxylic acid groups (broad SMARTS) is 1. The molecule has 0 rings (SSSR count). The van der Waals surface area contributed by atoms with E-state index in [-0.39, 0.29) is 5.92 Å². The zero-order chi connectivity index (χ0) is 11.1. The number of carboxylic acids is 1. The lowest BCUT2D eigenvalue weighted by Gasteiger charge is -2.14. The van der Waals surface area contributed by atoms with Crippen molar-refractivity contribution in [3.8, 4) is 0 Å². The quantitative estimate of drug-likeness (QED) is 0.682. The Kier molecular flexibility index (Phi) is 6.60. The van der Waals surface area contributed by atoms with Crippen molar-refractivity contribution in [3.05, 3.63) is 0 Å². The molecule has 84 valence electrons. The Morgan fingerprint density at radius 2 is 1.29 bits per heavy atom. The van der Waals surface area contributed by atoms with Gasteiger partial charge in [0.2, 0.25) is 0 Å². The molecule has 0 radical (unpaired) electrons. The van der Waals surface area contributed by atoms with Gasteiger partial charge in [0.25, 0.3) is 0 Å². The van der Waals surface area contributed by atoms with Crippen molar-refractivity contribution in [1.29, 1.82) is 0 Å². The molecule has 0 aromatic carbocycles. The van der Waals surface area contributed by atoms with Crippen molar-refractivity contribution in [3.63, 3.8) is 0 Å². The van der Waals surface area contributed by atoms with E-state index in [9.17, 15) is 4.79 Å². The van der Waals surface area contributed by atoms with Crippen LogP contribution in [0.1, 0.15) is 53.4 Å². The standard InChI is InChI=1S/C12H24O2/c1-9(2)5-7-11(12(13)14)8-6-10(3)4/h9-11H,5-8H2,1-4H3,(H,13,14). The second kappa shape index (κ2) is 6.86. The average molecular weight is 200 g/mol. The molecule has 0 aliphatic rings. The fraction of sp³-hybridized carbons (Fsp3) is 0.917. The third kappa shape index (κ3) is 6.93. The predicted molar refractivity (Wildman–Crippen MR) is 59.3 cm³/mol. The van der Waals surface area contributed by atoms with Crippen molar-refractivity contribution in [2.24, 2.45) is 17.8 Å². The van der Waals surface area contributed by atoms with Crippen LogP contribution in [0.3, 0.4) is 0 Å². The van der Waals surface area contributed by atoms with E-state index in [1.165, 1.54) is 0 Å². The minimum Gasteiger partial charge on any atom is -0.481 e. The molecular weight excluding hydrogens is 176 g/mol. The lowest BCUT2D eigenvalue weighted by Crippen LogP contribution is -2.15. The molecule has 1 N–H and O–H groups in total. The highest BCUT2D eigenvalue weighted by atomic mass is 16.4. The fourth-order valence-electron chi connectivity index (χ4n) is 1.46. The van der Waals surface area contributed by atoms with Gasteiger partial charge in [-0.2, -0.15) is 0 Å². The SMILES string of the molecule is CC(C)CCC(CCC(C)C)C(=O)O. The molecule has 0 amide bonds. The van der Waals surface area contributed by atoms with E-state index < -0.39 is 5.97 Å². The van der Waals surface area contributed by atoms with Crippen molar-refractivity contribution in [2.45, 2.75) is 53.4 Å². The summed E-state index contributed by atoms with van der Waals surface area (Å²) >= 11 is 0. The van der Waals surface area contributed by atoms with Crippen molar-refractivity contribution >= 4 is 5.97 Å². The van der Waals surface area contributed by atoms with Crippen LogP contribution >= 0.6 is 0 Å². The van der Waals surface area contributed by atoms with E-state index in [0.717, 1.165) is 25.7 Å². The zero-order valence-electron chi connectivity index (χ0n) is 9.92. The molecular formula is C12H24O2. The van der Waals surface area contributed by atoms with E-state index in [4.69, 9.17) is 5.11 Å². The van der Waals surface area contributed by atoms with E-state index in [1.54, 1.807) is 0 Å². The summed E-state index contributed by atoms with van der Waals surface area (Å²) in [6.45, 7) is 8.56. The monoisotopic (exact) mass is 200 g/mol. The molecule has 0 aromatic heterocycles. The molecule has 0 bridgehead atoms. The summed E-state index contributed by atoms with van der Waals surface area (Å²) in [6.07, 6.45) is 3.71. The summed E-state index contributed by atoms with van der Waals surface area (Å²) in [5.41, 5.74) is 0. The summed E-state index contributed by atoms with van der Waals surface area (Å²) in [5.74, 6) is 0.470. The predicted octanol–water partition coefficient (Wildman–Crippen LogP) is 3.56. The van der Waals surface area contributed by atoms with Crippen molar-refractivity contribution in [1.82, 2.24) is 0 Å². The first-order valence-corrected chi connectivity index (χ1v) is 5.66. The minimum atomic E-state index is -0.619. The van der Waals surface area contributed by atoms with Gasteiger partial charge >= 0.3 is 5.97 Å². The Labute approximate surface area is 87.7 Å².